The molecule has 1 unspecified atom stereocenters. The third kappa shape index (κ3) is 2.86. The van der Waals surface area contributed by atoms with Crippen molar-refractivity contribution < 1.29 is 13.9 Å². The number of nitrogens with zero attached hydrogens (tertiary/aromatic N) is 2. The van der Waals surface area contributed by atoms with Gasteiger partial charge in [0.1, 0.15) is 17.7 Å². The van der Waals surface area contributed by atoms with E-state index in [0.29, 0.717) is 18.8 Å². The average Bonchev–Trinajstić information content (AvgIpc) is 3.23. The van der Waals surface area contributed by atoms with Crippen molar-refractivity contribution in [3.63, 3.8) is 0 Å². The number of hydrogen-bond donors (Lipinski definition) is 0. The number of aryl methyl sites for hydroxylation is 1. The highest BCUT2D eigenvalue weighted by molar-refractivity contribution is 5.85. The van der Waals surface area contributed by atoms with Gasteiger partial charge in [0.25, 0.3) is 0 Å². The Bertz CT molecular complexity index is 747. The van der Waals surface area contributed by atoms with Crippen LogP contribution < -0.4 is 4.74 Å². The molecule has 124 valence electrons. The van der Waals surface area contributed by atoms with Gasteiger partial charge in [0, 0.05) is 25.4 Å². The van der Waals surface area contributed by atoms with Crippen molar-refractivity contribution in [3.8, 4) is 5.75 Å². The summed E-state index contributed by atoms with van der Waals surface area (Å²) in [5, 5.41) is 0. The molecule has 1 aromatic heterocycles. The first-order valence-corrected chi connectivity index (χ1v) is 8.34. The van der Waals surface area contributed by atoms with Crippen LogP contribution in [0.25, 0.3) is 0 Å². The Labute approximate surface area is 140 Å². The van der Waals surface area contributed by atoms with Gasteiger partial charge in [0.2, 0.25) is 5.91 Å². The highest BCUT2D eigenvalue weighted by atomic mass is 19.1. The van der Waals surface area contributed by atoms with Gasteiger partial charge in [0.15, 0.2) is 0 Å². The van der Waals surface area contributed by atoms with Gasteiger partial charge in [0.05, 0.1) is 12.5 Å². The first-order chi connectivity index (χ1) is 11.7. The maximum Gasteiger partial charge on any atom is 0.230 e. The lowest BCUT2D eigenvalue weighted by molar-refractivity contribution is -0.132. The molecule has 2 aliphatic rings. The molecule has 1 aliphatic heterocycles. The summed E-state index contributed by atoms with van der Waals surface area (Å²) in [6.07, 6.45) is 6.18. The van der Waals surface area contributed by atoms with Crippen molar-refractivity contribution in [2.24, 2.45) is 0 Å². The number of fused-ring (bicyclic) bond motifs is 1. The summed E-state index contributed by atoms with van der Waals surface area (Å²) in [4.78, 5) is 18.9. The third-order valence-corrected chi connectivity index (χ3v) is 4.90. The van der Waals surface area contributed by atoms with Crippen LogP contribution in [0.4, 0.5) is 4.39 Å². The predicted molar refractivity (Wildman–Crippen MR) is 87.3 cm³/mol. The molecular formula is C19H19FN2O2. The summed E-state index contributed by atoms with van der Waals surface area (Å²) in [5.41, 5.74) is 2.31. The van der Waals surface area contributed by atoms with Crippen LogP contribution in [0.15, 0.2) is 42.7 Å². The Balaban J connectivity index is 1.40. The van der Waals surface area contributed by atoms with Crippen molar-refractivity contribution in [1.29, 1.82) is 0 Å². The molecule has 1 amide bonds. The number of ether oxygens (including phenoxy) is 1. The first kappa shape index (κ1) is 15.1. The van der Waals surface area contributed by atoms with E-state index >= 15 is 0 Å². The molecule has 0 saturated carbocycles. The topological polar surface area (TPSA) is 42.4 Å². The van der Waals surface area contributed by atoms with E-state index in [-0.39, 0.29) is 23.7 Å². The number of halogens is 1. The van der Waals surface area contributed by atoms with Crippen LogP contribution in [0.3, 0.4) is 0 Å². The molecule has 0 N–H and O–H groups in total. The summed E-state index contributed by atoms with van der Waals surface area (Å²) < 4.78 is 18.8. The number of pyridine rings is 1. The zero-order chi connectivity index (χ0) is 16.5. The van der Waals surface area contributed by atoms with Crippen LogP contribution in [0.1, 0.15) is 29.9 Å². The van der Waals surface area contributed by atoms with E-state index in [2.05, 4.69) is 4.98 Å². The smallest absolute Gasteiger partial charge is 0.230 e. The van der Waals surface area contributed by atoms with Crippen LogP contribution >= 0.6 is 0 Å². The van der Waals surface area contributed by atoms with E-state index in [1.54, 1.807) is 18.3 Å². The fourth-order valence-corrected chi connectivity index (χ4v) is 3.64. The number of hydrogen-bond acceptors (Lipinski definition) is 3. The zero-order valence-electron chi connectivity index (χ0n) is 13.3. The molecule has 1 aromatic carbocycles. The highest BCUT2D eigenvalue weighted by Crippen LogP contribution is 2.34. The largest absolute Gasteiger partial charge is 0.489 e. The summed E-state index contributed by atoms with van der Waals surface area (Å²) in [5.74, 6) is 0.468. The molecule has 1 fully saturated rings. The van der Waals surface area contributed by atoms with E-state index in [9.17, 15) is 9.18 Å². The lowest BCUT2D eigenvalue weighted by atomic mass is 10.0. The summed E-state index contributed by atoms with van der Waals surface area (Å²) in [7, 11) is 0. The minimum absolute atomic E-state index is 0.0332. The summed E-state index contributed by atoms with van der Waals surface area (Å²) in [6, 6.07) is 8.02. The highest BCUT2D eigenvalue weighted by Gasteiger charge is 2.35. The van der Waals surface area contributed by atoms with Gasteiger partial charge in [-0.15, -0.1) is 0 Å². The number of carbonyl (C=O) groups is 1. The SMILES string of the molecule is O=C(C1CCc2ccncc21)N1CC[C@H](Oc2ccc(F)cc2)C1. The summed E-state index contributed by atoms with van der Waals surface area (Å²) in [6.45, 7) is 1.29. The number of aromatic nitrogens is 1. The fourth-order valence-electron chi connectivity index (χ4n) is 3.64. The summed E-state index contributed by atoms with van der Waals surface area (Å²) >= 11 is 0. The molecule has 2 heterocycles. The molecule has 5 heteroatoms. The van der Waals surface area contributed by atoms with E-state index in [1.807, 2.05) is 17.2 Å². The number of rotatable bonds is 3. The maximum atomic E-state index is 12.9. The van der Waals surface area contributed by atoms with Gasteiger partial charge in [-0.05, 0) is 54.3 Å². The lowest BCUT2D eigenvalue weighted by Crippen LogP contribution is -2.34. The van der Waals surface area contributed by atoms with E-state index in [1.165, 1.54) is 17.7 Å². The standard InChI is InChI=1S/C19H19FN2O2/c20-14-2-4-15(5-3-14)24-16-8-10-22(12-16)19(23)17-6-1-13-7-9-21-11-18(13)17/h2-5,7,9,11,16-17H,1,6,8,10,12H2/t16-,17?/m0/s1. The Morgan fingerprint density at radius 2 is 2.04 bits per heavy atom. The Kier molecular flexibility index (Phi) is 3.92. The van der Waals surface area contributed by atoms with Crippen molar-refractivity contribution >= 4 is 5.91 Å². The quantitative estimate of drug-likeness (QED) is 0.871. The van der Waals surface area contributed by atoms with Crippen LogP contribution in [0.5, 0.6) is 5.75 Å². The molecule has 0 radical (unpaired) electrons. The minimum atomic E-state index is -0.279. The Morgan fingerprint density at radius 3 is 2.88 bits per heavy atom. The van der Waals surface area contributed by atoms with Crippen molar-refractivity contribution in [3.05, 3.63) is 59.7 Å². The van der Waals surface area contributed by atoms with Gasteiger partial charge >= 0.3 is 0 Å². The van der Waals surface area contributed by atoms with Crippen LogP contribution in [0.2, 0.25) is 0 Å². The molecular weight excluding hydrogens is 307 g/mol. The average molecular weight is 326 g/mol. The van der Waals surface area contributed by atoms with Gasteiger partial charge in [-0.1, -0.05) is 0 Å². The van der Waals surface area contributed by atoms with Crippen molar-refractivity contribution in [2.45, 2.75) is 31.3 Å². The van der Waals surface area contributed by atoms with Crippen LogP contribution in [0, 0.1) is 5.82 Å². The second-order valence-corrected chi connectivity index (χ2v) is 6.43. The first-order valence-electron chi connectivity index (χ1n) is 8.34. The Morgan fingerprint density at radius 1 is 1.21 bits per heavy atom. The minimum Gasteiger partial charge on any atom is -0.489 e. The number of carbonyl (C=O) groups excluding carboxylic acids is 1. The zero-order valence-corrected chi connectivity index (χ0v) is 13.3. The maximum absolute atomic E-state index is 12.9. The molecule has 1 aliphatic carbocycles. The van der Waals surface area contributed by atoms with Gasteiger partial charge in [-0.25, -0.2) is 4.39 Å². The fraction of sp³-hybridized carbons (Fsp3) is 0.368. The van der Waals surface area contributed by atoms with Gasteiger partial charge in [-0.3, -0.25) is 9.78 Å². The molecule has 1 saturated heterocycles. The van der Waals surface area contributed by atoms with Gasteiger partial charge in [-0.2, -0.15) is 0 Å². The van der Waals surface area contributed by atoms with E-state index in [0.717, 1.165) is 24.8 Å². The van der Waals surface area contributed by atoms with E-state index < -0.39 is 0 Å². The molecule has 2 aromatic rings. The molecule has 0 bridgehead atoms. The molecule has 24 heavy (non-hydrogen) atoms. The van der Waals surface area contributed by atoms with Crippen LogP contribution in [-0.2, 0) is 11.2 Å². The van der Waals surface area contributed by atoms with E-state index in [4.69, 9.17) is 4.74 Å². The second kappa shape index (κ2) is 6.23. The van der Waals surface area contributed by atoms with Crippen LogP contribution in [-0.4, -0.2) is 35.0 Å². The van der Waals surface area contributed by atoms with Crippen molar-refractivity contribution in [2.75, 3.05) is 13.1 Å². The number of amides is 1. The monoisotopic (exact) mass is 326 g/mol. The number of likely N-dealkylation sites (tertiary alicyclic amines) is 1. The number of benzene rings is 1. The molecule has 4 nitrogen and oxygen atoms in total. The van der Waals surface area contributed by atoms with Gasteiger partial charge < -0.3 is 9.64 Å². The normalized spacial score (nSPS) is 22.5. The molecule has 4 rings (SSSR count). The molecule has 0 spiro atoms. The second-order valence-electron chi connectivity index (χ2n) is 6.43. The predicted octanol–water partition coefficient (Wildman–Crippen LogP) is 2.93. The molecule has 2 atom stereocenters. The lowest BCUT2D eigenvalue weighted by Gasteiger charge is -2.21. The third-order valence-electron chi connectivity index (χ3n) is 4.90. The van der Waals surface area contributed by atoms with Crippen molar-refractivity contribution in [1.82, 2.24) is 9.88 Å². The Hall–Kier alpha value is -2.43.